The average Bonchev–Trinajstić information content (AvgIpc) is 3.34. The molecule has 3 heterocycles. The fourth-order valence-corrected chi connectivity index (χ4v) is 8.30. The highest BCUT2D eigenvalue weighted by atomic mass is 35.5. The number of imide groups is 1. The lowest BCUT2D eigenvalue weighted by molar-refractivity contribution is -0.138. The molecule has 3 aromatic rings. The second-order valence-electron chi connectivity index (χ2n) is 15.6. The van der Waals surface area contributed by atoms with Crippen molar-refractivity contribution < 1.29 is 45.9 Å². The lowest BCUT2D eigenvalue weighted by atomic mass is 10.0. The number of hydrogen-bond acceptors (Lipinski definition) is 10. The number of anilines is 4. The number of nitriles is 1. The van der Waals surface area contributed by atoms with E-state index in [1.54, 1.807) is 18.2 Å². The number of halogens is 6. The summed E-state index contributed by atoms with van der Waals surface area (Å²) in [4.78, 5) is 56.7. The summed E-state index contributed by atoms with van der Waals surface area (Å²) in [6.45, 7) is 7.74. The summed E-state index contributed by atoms with van der Waals surface area (Å²) in [5.74, 6) is -5.28. The molecule has 0 aliphatic carbocycles. The van der Waals surface area contributed by atoms with Crippen molar-refractivity contribution in [2.24, 2.45) is 0 Å². The maximum absolute atomic E-state index is 15.2. The molecule has 3 aromatic carbocycles. The molecule has 20 heteroatoms. The molecule has 2 unspecified atom stereocenters. The van der Waals surface area contributed by atoms with Crippen LogP contribution in [0, 0.1) is 11.3 Å². The van der Waals surface area contributed by atoms with Crippen molar-refractivity contribution in [3.05, 3.63) is 76.3 Å². The number of carbonyl (C=O) groups excluding carboxylic acids is 4. The zero-order chi connectivity index (χ0) is 44.6. The number of nitrogens with one attached hydrogen (secondary N) is 3. The molecule has 13 nitrogen and oxygen atoms in total. The summed E-state index contributed by atoms with van der Waals surface area (Å²) in [5.41, 5.74) is -3.09. The van der Waals surface area contributed by atoms with Crippen LogP contribution in [-0.2, 0) is 31.3 Å². The molecule has 6 rings (SSSR count). The van der Waals surface area contributed by atoms with Crippen LogP contribution in [0.5, 0.6) is 5.75 Å². The van der Waals surface area contributed by atoms with Crippen molar-refractivity contribution in [2.75, 3.05) is 59.8 Å². The number of nitrogens with zero attached hydrogens (tertiary/aromatic N) is 5. The number of ether oxygens (including phenoxy) is 1. The third-order valence-electron chi connectivity index (χ3n) is 10.7. The largest absolute Gasteiger partial charge is 0.492 e. The monoisotopic (exact) mass is 888 g/mol. The Kier molecular flexibility index (Phi) is 13.0. The van der Waals surface area contributed by atoms with Gasteiger partial charge in [0.25, 0.3) is 11.8 Å². The Hall–Kier alpha value is -5.42. The highest BCUT2D eigenvalue weighted by Crippen LogP contribution is 2.43. The van der Waals surface area contributed by atoms with Crippen LogP contribution in [0.15, 0.2) is 54.6 Å². The minimum absolute atomic E-state index is 0.0414. The predicted molar refractivity (Wildman–Crippen MR) is 222 cm³/mol. The van der Waals surface area contributed by atoms with E-state index < -0.39 is 52.2 Å². The molecule has 0 saturated carbocycles. The second kappa shape index (κ2) is 17.5. The van der Waals surface area contributed by atoms with Gasteiger partial charge in [-0.2, -0.15) is 18.4 Å². The Labute approximate surface area is 358 Å². The molecule has 324 valence electrons. The minimum atomic E-state index is -4.89. The van der Waals surface area contributed by atoms with E-state index in [0.717, 1.165) is 17.0 Å². The third-order valence-corrected chi connectivity index (χ3v) is 11.3. The molecule has 3 fully saturated rings. The van der Waals surface area contributed by atoms with Gasteiger partial charge in [0.15, 0.2) is 5.11 Å². The van der Waals surface area contributed by atoms with E-state index in [9.17, 15) is 37.6 Å². The van der Waals surface area contributed by atoms with Gasteiger partial charge in [-0.15, -0.1) is 0 Å². The van der Waals surface area contributed by atoms with Crippen LogP contribution < -0.4 is 30.5 Å². The first-order valence-corrected chi connectivity index (χ1v) is 20.0. The van der Waals surface area contributed by atoms with Crippen LogP contribution >= 0.6 is 23.8 Å². The molecular weight excluding hydrogens is 847 g/mol. The van der Waals surface area contributed by atoms with Gasteiger partial charge in [-0.25, -0.2) is 8.78 Å². The van der Waals surface area contributed by atoms with Crippen LogP contribution in [0.4, 0.5) is 44.7 Å². The van der Waals surface area contributed by atoms with Crippen LogP contribution in [0.3, 0.4) is 0 Å². The molecule has 0 aromatic heterocycles. The summed E-state index contributed by atoms with van der Waals surface area (Å²) in [6.07, 6.45) is -4.37. The smallest absolute Gasteiger partial charge is 0.417 e. The molecule has 3 N–H and O–H groups in total. The second-order valence-corrected chi connectivity index (χ2v) is 16.4. The molecule has 3 saturated heterocycles. The highest BCUT2D eigenvalue weighted by molar-refractivity contribution is 7.81. The van der Waals surface area contributed by atoms with Gasteiger partial charge in [-0.1, -0.05) is 11.6 Å². The number of piperidine rings is 1. The van der Waals surface area contributed by atoms with Crippen molar-refractivity contribution in [1.82, 2.24) is 15.1 Å². The molecule has 2 atom stereocenters. The van der Waals surface area contributed by atoms with Crippen LogP contribution in [0.1, 0.15) is 57.2 Å². The third kappa shape index (κ3) is 10.0. The number of amides is 4. The summed E-state index contributed by atoms with van der Waals surface area (Å²) >= 11 is 11.9. The summed E-state index contributed by atoms with van der Waals surface area (Å²) in [5, 5.41) is 17.5. The Bertz CT molecular complexity index is 2300. The van der Waals surface area contributed by atoms with Crippen LogP contribution in [-0.4, -0.2) is 95.5 Å². The average molecular weight is 889 g/mol. The van der Waals surface area contributed by atoms with E-state index >= 15 is 8.78 Å². The van der Waals surface area contributed by atoms with Crippen molar-refractivity contribution >= 4 is 75.3 Å². The lowest BCUT2D eigenvalue weighted by Crippen LogP contribution is -2.54. The Morgan fingerprint density at radius 2 is 1.70 bits per heavy atom. The van der Waals surface area contributed by atoms with Crippen molar-refractivity contribution in [1.29, 1.82) is 5.26 Å². The van der Waals surface area contributed by atoms with Gasteiger partial charge in [0.05, 0.1) is 35.0 Å². The predicted octanol–water partition coefficient (Wildman–Crippen LogP) is 6.50. The Morgan fingerprint density at radius 1 is 1.02 bits per heavy atom. The molecule has 61 heavy (non-hydrogen) atoms. The van der Waals surface area contributed by atoms with Gasteiger partial charge in [0, 0.05) is 67.7 Å². The summed E-state index contributed by atoms with van der Waals surface area (Å²) < 4.78 is 77.6. The molecular formula is C41H42ClF5N8O5S. The molecule has 4 amide bonds. The van der Waals surface area contributed by atoms with E-state index in [2.05, 4.69) is 20.9 Å². The zero-order valence-electron chi connectivity index (χ0n) is 33.5. The first kappa shape index (κ1) is 45.1. The van der Waals surface area contributed by atoms with Crippen molar-refractivity contribution in [3.8, 4) is 11.8 Å². The standard InChI is InChI=1S/C41H42ClF5N8O5S/c1-23-21-52(11-12-53(23)22-35(57)50-27-16-25(42)15-26(17-27)49-32-8-10-34(56)51-36(32)58)13-14-60-33-9-7-29(19-31(33)40(4,43)44)55-38(61)54(37(59)39(55,2)3)28-6-5-24(20-48)30(18-28)41(45,46)47/h5-7,9,15-19,23,32,49H,8,10-14,21-22H2,1-4H3,(H,50,57)(H,51,56,58). The molecule has 0 spiro atoms. The minimum Gasteiger partial charge on any atom is -0.492 e. The first-order valence-electron chi connectivity index (χ1n) is 19.2. The number of benzene rings is 3. The SMILES string of the molecule is CC1CN(CCOc2ccc(N3C(=S)N(c4ccc(C#N)c(C(F)(F)F)c4)C(=O)C3(C)C)cc2C(C)(F)F)CCN1CC(=O)Nc1cc(Cl)cc(NC2CCC(=O)NC2=O)c1. The maximum Gasteiger partial charge on any atom is 0.417 e. The van der Waals surface area contributed by atoms with Gasteiger partial charge in [-0.3, -0.25) is 39.2 Å². The van der Waals surface area contributed by atoms with Gasteiger partial charge < -0.3 is 20.3 Å². The molecule has 3 aliphatic heterocycles. The van der Waals surface area contributed by atoms with E-state index in [4.69, 9.17) is 28.6 Å². The molecule has 0 radical (unpaired) electrons. The van der Waals surface area contributed by atoms with Crippen molar-refractivity contribution in [3.63, 3.8) is 0 Å². The van der Waals surface area contributed by atoms with E-state index in [-0.39, 0.29) is 59.7 Å². The number of rotatable bonds is 12. The zero-order valence-corrected chi connectivity index (χ0v) is 35.0. The van der Waals surface area contributed by atoms with Crippen molar-refractivity contribution in [2.45, 2.75) is 70.3 Å². The molecule has 3 aliphatic rings. The topological polar surface area (TPSA) is 150 Å². The summed E-state index contributed by atoms with van der Waals surface area (Å²) in [6, 6.07) is 12.4. The number of thiocarbonyl (C=S) groups is 1. The van der Waals surface area contributed by atoms with Gasteiger partial charge in [-0.05, 0) is 94.0 Å². The van der Waals surface area contributed by atoms with Gasteiger partial charge in [0.1, 0.15) is 23.9 Å². The highest BCUT2D eigenvalue weighted by Gasteiger charge is 2.51. The van der Waals surface area contributed by atoms with Crippen LogP contribution in [0.25, 0.3) is 0 Å². The maximum atomic E-state index is 15.2. The van der Waals surface area contributed by atoms with Gasteiger partial charge in [0.2, 0.25) is 17.7 Å². The van der Waals surface area contributed by atoms with E-state index in [0.29, 0.717) is 62.0 Å². The van der Waals surface area contributed by atoms with E-state index in [1.807, 2.05) is 11.8 Å². The van der Waals surface area contributed by atoms with Crippen LogP contribution in [0.2, 0.25) is 5.02 Å². The molecule has 0 bridgehead atoms. The Balaban J connectivity index is 1.06. The van der Waals surface area contributed by atoms with E-state index in [1.165, 1.54) is 43.0 Å². The number of hydrogen-bond donors (Lipinski definition) is 3. The first-order chi connectivity index (χ1) is 28.6. The number of carbonyl (C=O) groups is 4. The lowest BCUT2D eigenvalue weighted by Gasteiger charge is -2.39. The normalized spacial score (nSPS) is 20.1. The number of piperazine rings is 1. The van der Waals surface area contributed by atoms with Gasteiger partial charge >= 0.3 is 6.18 Å². The number of alkyl halides is 5. The fraction of sp³-hybridized carbons (Fsp3) is 0.415. The fourth-order valence-electron chi connectivity index (χ4n) is 7.54. The summed E-state index contributed by atoms with van der Waals surface area (Å²) in [7, 11) is 0. The Morgan fingerprint density at radius 3 is 2.36 bits per heavy atom. The quantitative estimate of drug-likeness (QED) is 0.104.